The fourth-order valence-electron chi connectivity index (χ4n) is 3.46. The van der Waals surface area contributed by atoms with Crippen LogP contribution in [-0.2, 0) is 6.54 Å². The van der Waals surface area contributed by atoms with E-state index in [1.807, 2.05) is 36.4 Å². The van der Waals surface area contributed by atoms with Crippen molar-refractivity contribution >= 4 is 29.9 Å². The molecule has 1 aromatic carbocycles. The second kappa shape index (κ2) is 12.0. The zero-order valence-electron chi connectivity index (χ0n) is 18.2. The fraction of sp³-hybridized carbons (Fsp3) is 0.304. The van der Waals surface area contributed by atoms with Gasteiger partial charge in [-0.15, -0.1) is 22.6 Å². The van der Waals surface area contributed by atoms with Crippen LogP contribution in [0.1, 0.15) is 41.8 Å². The molecule has 174 valence electrons. The van der Waals surface area contributed by atoms with E-state index in [1.165, 1.54) is 0 Å². The quantitative estimate of drug-likeness (QED) is 0.286. The molecule has 0 fully saturated rings. The zero-order valence-corrected chi connectivity index (χ0v) is 19.1. The minimum atomic E-state index is -0.0707. The molecule has 0 aliphatic carbocycles. The Morgan fingerprint density at radius 3 is 2.67 bits per heavy atom. The number of carbonyl (C=O) groups is 1. The number of aromatic nitrogens is 4. The Labute approximate surface area is 198 Å². The summed E-state index contributed by atoms with van der Waals surface area (Å²) in [6, 6.07) is 11.2. The molecule has 33 heavy (non-hydrogen) atoms. The number of unbranched alkanes of at least 4 members (excludes halogenated alkanes) is 3. The number of amides is 1. The summed E-state index contributed by atoms with van der Waals surface area (Å²) in [7, 11) is 0. The standard InChI is InChI=1S/C23H27N7O2.ClH/c24-11-3-1-2-4-12-25-22(31)18-9-7-17(8-10-18)20-15-27-23(30-16-28-29-21(20)30)26-14-19-6-5-13-32-19;/h5-10,13,15-16H,1-4,11-12,14,24H2,(H,25,31)(H,26,27);1H. The molecular weight excluding hydrogens is 442 g/mol. The van der Waals surface area contributed by atoms with Crippen LogP contribution in [0.15, 0.2) is 59.6 Å². The maximum atomic E-state index is 12.4. The molecule has 0 saturated carbocycles. The molecule has 4 rings (SSSR count). The van der Waals surface area contributed by atoms with Gasteiger partial charge in [0.1, 0.15) is 12.1 Å². The van der Waals surface area contributed by atoms with Crippen molar-refractivity contribution in [3.8, 4) is 11.1 Å². The van der Waals surface area contributed by atoms with Crippen molar-refractivity contribution in [3.05, 3.63) is 66.5 Å². The number of halogens is 1. The van der Waals surface area contributed by atoms with Gasteiger partial charge in [0, 0.05) is 23.9 Å². The van der Waals surface area contributed by atoms with Crippen molar-refractivity contribution in [2.24, 2.45) is 5.73 Å². The average molecular weight is 470 g/mol. The summed E-state index contributed by atoms with van der Waals surface area (Å²) < 4.78 is 7.15. The zero-order chi connectivity index (χ0) is 22.2. The number of hydrogen-bond acceptors (Lipinski definition) is 7. The summed E-state index contributed by atoms with van der Waals surface area (Å²) in [5.41, 5.74) is 8.54. The first-order valence-corrected chi connectivity index (χ1v) is 10.8. The van der Waals surface area contributed by atoms with Gasteiger partial charge in [0.15, 0.2) is 5.65 Å². The van der Waals surface area contributed by atoms with Crippen LogP contribution in [0.3, 0.4) is 0 Å². The van der Waals surface area contributed by atoms with Gasteiger partial charge in [0.2, 0.25) is 5.95 Å². The smallest absolute Gasteiger partial charge is 0.251 e. The molecule has 1 amide bonds. The van der Waals surface area contributed by atoms with Crippen LogP contribution in [0.5, 0.6) is 0 Å². The second-order valence-electron chi connectivity index (χ2n) is 7.49. The highest BCUT2D eigenvalue weighted by molar-refractivity contribution is 5.95. The lowest BCUT2D eigenvalue weighted by molar-refractivity contribution is 0.0953. The highest BCUT2D eigenvalue weighted by Gasteiger charge is 2.12. The highest BCUT2D eigenvalue weighted by atomic mass is 35.5. The van der Waals surface area contributed by atoms with Gasteiger partial charge in [0.05, 0.1) is 12.8 Å². The normalized spacial score (nSPS) is 10.7. The van der Waals surface area contributed by atoms with Gasteiger partial charge in [0.25, 0.3) is 5.91 Å². The predicted molar refractivity (Wildman–Crippen MR) is 129 cm³/mol. The lowest BCUT2D eigenvalue weighted by Crippen LogP contribution is -2.24. The number of nitrogens with two attached hydrogens (primary N) is 1. The maximum absolute atomic E-state index is 12.4. The Morgan fingerprint density at radius 1 is 1.09 bits per heavy atom. The molecule has 0 unspecified atom stereocenters. The van der Waals surface area contributed by atoms with Crippen LogP contribution in [0, 0.1) is 0 Å². The molecule has 0 saturated heterocycles. The van der Waals surface area contributed by atoms with Crippen LogP contribution in [0.4, 0.5) is 5.95 Å². The van der Waals surface area contributed by atoms with Crippen LogP contribution in [0.25, 0.3) is 16.8 Å². The average Bonchev–Trinajstić information content (AvgIpc) is 3.52. The third-order valence-electron chi connectivity index (χ3n) is 5.21. The number of nitrogens with zero attached hydrogens (tertiary/aromatic N) is 4. The third-order valence-corrected chi connectivity index (χ3v) is 5.21. The van der Waals surface area contributed by atoms with Crippen molar-refractivity contribution < 1.29 is 9.21 Å². The molecule has 9 nitrogen and oxygen atoms in total. The number of rotatable bonds is 11. The first-order valence-electron chi connectivity index (χ1n) is 10.8. The van der Waals surface area contributed by atoms with Gasteiger partial charge >= 0.3 is 0 Å². The number of hydrogen-bond donors (Lipinski definition) is 3. The summed E-state index contributed by atoms with van der Waals surface area (Å²) >= 11 is 0. The Morgan fingerprint density at radius 2 is 1.91 bits per heavy atom. The van der Waals surface area contributed by atoms with Gasteiger partial charge in [-0.2, -0.15) is 0 Å². The minimum absolute atomic E-state index is 0. The maximum Gasteiger partial charge on any atom is 0.251 e. The SMILES string of the molecule is Cl.NCCCCCCNC(=O)c1ccc(-c2cnc(NCc3ccco3)n3cnnc23)cc1. The van der Waals surface area contributed by atoms with E-state index in [-0.39, 0.29) is 18.3 Å². The molecule has 3 aromatic heterocycles. The Hall–Kier alpha value is -3.43. The predicted octanol–water partition coefficient (Wildman–Crippen LogP) is 3.67. The van der Waals surface area contributed by atoms with Crippen LogP contribution in [0.2, 0.25) is 0 Å². The van der Waals surface area contributed by atoms with Crippen LogP contribution in [-0.4, -0.2) is 38.6 Å². The van der Waals surface area contributed by atoms with Gasteiger partial charge in [-0.25, -0.2) is 4.98 Å². The number of benzene rings is 1. The molecule has 4 N–H and O–H groups in total. The van der Waals surface area contributed by atoms with Gasteiger partial charge in [-0.05, 0) is 49.2 Å². The first kappa shape index (κ1) is 24.2. The van der Waals surface area contributed by atoms with Crippen molar-refractivity contribution in [1.29, 1.82) is 0 Å². The van der Waals surface area contributed by atoms with E-state index >= 15 is 0 Å². The molecule has 0 spiro atoms. The summed E-state index contributed by atoms with van der Waals surface area (Å²) in [5, 5.41) is 14.5. The summed E-state index contributed by atoms with van der Waals surface area (Å²) in [4.78, 5) is 16.9. The lowest BCUT2D eigenvalue weighted by Gasteiger charge is -2.10. The van der Waals surface area contributed by atoms with Gasteiger partial charge in [-0.3, -0.25) is 9.20 Å². The number of nitrogens with one attached hydrogen (secondary N) is 2. The summed E-state index contributed by atoms with van der Waals surface area (Å²) in [5.74, 6) is 1.35. The Bertz CT molecular complexity index is 1140. The lowest BCUT2D eigenvalue weighted by atomic mass is 10.1. The molecule has 0 aliphatic heterocycles. The molecule has 4 aromatic rings. The minimum Gasteiger partial charge on any atom is -0.467 e. The van der Waals surface area contributed by atoms with E-state index in [1.54, 1.807) is 23.2 Å². The van der Waals surface area contributed by atoms with Gasteiger partial charge in [-0.1, -0.05) is 25.0 Å². The molecule has 10 heteroatoms. The number of furan rings is 1. The topological polar surface area (TPSA) is 123 Å². The summed E-state index contributed by atoms with van der Waals surface area (Å²) in [6.45, 7) is 1.89. The number of anilines is 1. The summed E-state index contributed by atoms with van der Waals surface area (Å²) in [6.07, 6.45) is 9.17. The van der Waals surface area contributed by atoms with E-state index < -0.39 is 0 Å². The number of fused-ring (bicyclic) bond motifs is 1. The molecule has 0 radical (unpaired) electrons. The van der Waals surface area contributed by atoms with Crippen molar-refractivity contribution in [2.45, 2.75) is 32.2 Å². The first-order chi connectivity index (χ1) is 15.8. The molecule has 0 atom stereocenters. The van der Waals surface area contributed by atoms with Gasteiger partial charge < -0.3 is 20.8 Å². The van der Waals surface area contributed by atoms with E-state index in [0.717, 1.165) is 49.1 Å². The second-order valence-corrected chi connectivity index (χ2v) is 7.49. The van der Waals surface area contributed by atoms with E-state index in [9.17, 15) is 4.79 Å². The van der Waals surface area contributed by atoms with Crippen LogP contribution >= 0.6 is 12.4 Å². The molecule has 0 aliphatic rings. The monoisotopic (exact) mass is 469 g/mol. The Balaban J connectivity index is 0.00000306. The Kier molecular flexibility index (Phi) is 8.79. The fourth-order valence-corrected chi connectivity index (χ4v) is 3.46. The largest absolute Gasteiger partial charge is 0.467 e. The molecular formula is C23H28ClN7O2. The van der Waals surface area contributed by atoms with E-state index in [4.69, 9.17) is 10.2 Å². The van der Waals surface area contributed by atoms with E-state index in [0.29, 0.717) is 30.2 Å². The molecule has 0 bridgehead atoms. The third kappa shape index (κ3) is 6.09. The van der Waals surface area contributed by atoms with Crippen molar-refractivity contribution in [1.82, 2.24) is 24.9 Å². The molecule has 3 heterocycles. The van der Waals surface area contributed by atoms with Crippen molar-refractivity contribution in [3.63, 3.8) is 0 Å². The highest BCUT2D eigenvalue weighted by Crippen LogP contribution is 2.25. The van der Waals surface area contributed by atoms with E-state index in [2.05, 4.69) is 25.8 Å². The van der Waals surface area contributed by atoms with Crippen molar-refractivity contribution in [2.75, 3.05) is 18.4 Å². The number of carbonyl (C=O) groups excluding carboxylic acids is 1. The van der Waals surface area contributed by atoms with Crippen LogP contribution < -0.4 is 16.4 Å².